The van der Waals surface area contributed by atoms with Crippen molar-refractivity contribution in [1.29, 1.82) is 0 Å². The zero-order chi connectivity index (χ0) is 28.4. The molecule has 0 fully saturated rings. The van der Waals surface area contributed by atoms with E-state index in [1.54, 1.807) is 61.5 Å². The zero-order valence-corrected chi connectivity index (χ0v) is 23.4. The van der Waals surface area contributed by atoms with Gasteiger partial charge in [0.1, 0.15) is 34.8 Å². The van der Waals surface area contributed by atoms with Crippen LogP contribution >= 0.6 is 7.60 Å². The summed E-state index contributed by atoms with van der Waals surface area (Å²) in [7, 11) is -1.34. The number of aliphatic carboxylic acids is 1. The maximum absolute atomic E-state index is 14.2. The van der Waals surface area contributed by atoms with Gasteiger partial charge < -0.3 is 28.2 Å². The van der Waals surface area contributed by atoms with Crippen molar-refractivity contribution >= 4 is 30.0 Å². The first-order chi connectivity index (χ1) is 18.7. The molecule has 1 amide bonds. The second kappa shape index (κ2) is 13.9. The van der Waals surface area contributed by atoms with Crippen LogP contribution in [0.3, 0.4) is 0 Å². The van der Waals surface area contributed by atoms with Gasteiger partial charge in [0.05, 0.1) is 25.4 Å². The first kappa shape index (κ1) is 29.9. The highest BCUT2D eigenvalue weighted by Gasteiger charge is 2.43. The fraction of sp³-hybridized carbons (Fsp3) is 0.259. The summed E-state index contributed by atoms with van der Waals surface area (Å²) in [5.74, 6) is -0.169. The Bertz CT molecular complexity index is 1220. The molecule has 0 aromatic heterocycles. The summed E-state index contributed by atoms with van der Waals surface area (Å²) in [5, 5.41) is 8.87. The van der Waals surface area contributed by atoms with Gasteiger partial charge in [-0.05, 0) is 55.0 Å². The molecule has 3 aromatic carbocycles. The quantitative estimate of drug-likeness (QED) is 0.206. The van der Waals surface area contributed by atoms with Crippen LogP contribution < -0.4 is 18.5 Å². The second-order valence-corrected chi connectivity index (χ2v) is 11.5. The summed E-state index contributed by atoms with van der Waals surface area (Å²) in [6, 6.07) is 19.5. The topological polar surface area (TPSA) is 135 Å². The number of nitrogens with zero attached hydrogens (tertiary/aromatic N) is 1. The average molecular weight is 576 g/mol. The molecule has 3 rings (SSSR count). The van der Waals surface area contributed by atoms with Crippen molar-refractivity contribution in [3.8, 4) is 23.0 Å². The molecule has 0 radical (unpaired) electrons. The van der Waals surface area contributed by atoms with Crippen LogP contribution in [0.1, 0.15) is 18.9 Å². The largest absolute Gasteiger partial charge is 0.607 e. The lowest BCUT2D eigenvalue weighted by molar-refractivity contribution is -0.141. The summed E-state index contributed by atoms with van der Waals surface area (Å²) in [4.78, 5) is 26.3. The minimum absolute atomic E-state index is 0.0331. The van der Waals surface area contributed by atoms with Gasteiger partial charge in [0.15, 0.2) is 6.29 Å². The van der Waals surface area contributed by atoms with Gasteiger partial charge in [0.2, 0.25) is 0 Å². The molecule has 0 saturated carbocycles. The third-order valence-corrected chi connectivity index (χ3v) is 8.40. The minimum Gasteiger partial charge on any atom is -0.607 e. The fourth-order valence-corrected chi connectivity index (χ4v) is 6.49. The molecule has 208 valence electrons. The van der Waals surface area contributed by atoms with E-state index in [1.165, 1.54) is 38.5 Å². The molecule has 10 nitrogen and oxygen atoms in total. The van der Waals surface area contributed by atoms with E-state index in [2.05, 4.69) is 0 Å². The summed E-state index contributed by atoms with van der Waals surface area (Å²) in [5.41, 5.74) is 0.625. The molecule has 0 spiro atoms. The predicted octanol–water partition coefficient (Wildman–Crippen LogP) is 5.55. The van der Waals surface area contributed by atoms with E-state index in [4.69, 9.17) is 18.5 Å². The number of hydrogen-bond donors (Lipinski definition) is 1. The van der Waals surface area contributed by atoms with Gasteiger partial charge in [-0.15, -0.1) is 0 Å². The monoisotopic (exact) mass is 575 g/mol. The maximum atomic E-state index is 14.2. The van der Waals surface area contributed by atoms with E-state index in [0.717, 1.165) is 4.90 Å². The lowest BCUT2D eigenvalue weighted by Gasteiger charge is -2.30. The van der Waals surface area contributed by atoms with Crippen LogP contribution in [0.25, 0.3) is 0 Å². The molecular formula is C27H30NO9PS. The molecule has 1 N–H and O–H groups in total. The van der Waals surface area contributed by atoms with Crippen molar-refractivity contribution in [2.24, 2.45) is 0 Å². The average Bonchev–Trinajstić information content (AvgIpc) is 2.93. The summed E-state index contributed by atoms with van der Waals surface area (Å²) >= 11 is -2.16. The normalized spacial score (nSPS) is 12.6. The first-order valence-electron chi connectivity index (χ1n) is 11.9. The van der Waals surface area contributed by atoms with Gasteiger partial charge in [-0.3, -0.25) is 4.90 Å². The number of ether oxygens (including phenoxy) is 2. The highest BCUT2D eigenvalue weighted by molar-refractivity contribution is 8.05. The molecule has 3 aromatic rings. The van der Waals surface area contributed by atoms with Crippen molar-refractivity contribution in [2.75, 3.05) is 20.5 Å². The van der Waals surface area contributed by atoms with Gasteiger partial charge in [-0.25, -0.2) is 14.2 Å². The van der Waals surface area contributed by atoms with E-state index in [0.29, 0.717) is 17.1 Å². The fourth-order valence-electron chi connectivity index (χ4n) is 3.59. The molecule has 2 unspecified atom stereocenters. The van der Waals surface area contributed by atoms with Crippen LogP contribution in [-0.2, 0) is 26.3 Å². The number of amides is 1. The highest BCUT2D eigenvalue weighted by Crippen LogP contribution is 2.50. The van der Waals surface area contributed by atoms with Gasteiger partial charge in [0.25, 0.3) is 0 Å². The van der Waals surface area contributed by atoms with E-state index in [-0.39, 0.29) is 23.7 Å². The summed E-state index contributed by atoms with van der Waals surface area (Å²) in [6.45, 7) is 1.55. The lowest BCUT2D eigenvalue weighted by atomic mass is 10.2. The molecule has 0 saturated heterocycles. The molecule has 0 aliphatic rings. The molecule has 0 heterocycles. The van der Waals surface area contributed by atoms with Crippen LogP contribution in [0.2, 0.25) is 0 Å². The van der Waals surface area contributed by atoms with Crippen LogP contribution in [0.4, 0.5) is 4.79 Å². The van der Waals surface area contributed by atoms with E-state index in [1.807, 2.05) is 0 Å². The summed E-state index contributed by atoms with van der Waals surface area (Å²) < 4.78 is 49.1. The van der Waals surface area contributed by atoms with Crippen LogP contribution in [-0.4, -0.2) is 52.3 Å². The third kappa shape index (κ3) is 8.41. The number of carboxylic acid groups (broad SMARTS) is 1. The summed E-state index contributed by atoms with van der Waals surface area (Å²) in [6.07, 6.45) is -0.802. The Hall–Kier alpha value is -3.66. The van der Waals surface area contributed by atoms with Gasteiger partial charge >= 0.3 is 18.8 Å². The lowest BCUT2D eigenvalue weighted by Crippen LogP contribution is -2.48. The standard InChI is InChI=1S/C27H30NO9PS/c1-4-25(26(29)30)28(27(31)39(33)18-20-8-6-5-7-9-20)19-38(32,36-23-14-10-21(34-2)11-15-23)37-24-16-12-22(35-3)13-17-24/h5-17,25H,4,18-19H2,1-3H3,(H,29,30). The molecule has 39 heavy (non-hydrogen) atoms. The molecule has 0 bridgehead atoms. The third-order valence-electron chi connectivity index (χ3n) is 5.55. The molecule has 0 aliphatic carbocycles. The number of carbonyl (C=O) groups excluding carboxylic acids is 1. The van der Waals surface area contributed by atoms with Crippen LogP contribution in [0, 0.1) is 0 Å². The van der Waals surface area contributed by atoms with E-state index < -0.39 is 42.3 Å². The Kier molecular flexibility index (Phi) is 10.7. The van der Waals surface area contributed by atoms with E-state index in [9.17, 15) is 23.8 Å². The van der Waals surface area contributed by atoms with Crippen LogP contribution in [0.15, 0.2) is 78.9 Å². The number of benzene rings is 3. The van der Waals surface area contributed by atoms with Crippen LogP contribution in [0.5, 0.6) is 23.0 Å². The maximum Gasteiger partial charge on any atom is 0.450 e. The second-order valence-electron chi connectivity index (χ2n) is 8.26. The first-order valence-corrected chi connectivity index (χ1v) is 14.9. The van der Waals surface area contributed by atoms with Crippen molar-refractivity contribution in [3.63, 3.8) is 0 Å². The van der Waals surface area contributed by atoms with Crippen molar-refractivity contribution < 1.29 is 42.3 Å². The van der Waals surface area contributed by atoms with E-state index >= 15 is 0 Å². The number of rotatable bonds is 13. The van der Waals surface area contributed by atoms with Crippen molar-refractivity contribution in [1.82, 2.24) is 4.90 Å². The minimum atomic E-state index is -4.32. The van der Waals surface area contributed by atoms with Crippen molar-refractivity contribution in [3.05, 3.63) is 84.4 Å². The SMILES string of the molecule is CCC(C(=O)O)N(CP(=O)(Oc1ccc(OC)cc1)Oc1ccc(OC)cc1)C(=O)[S+]([O-])Cc1ccccc1. The Morgan fingerprint density at radius 1 is 0.872 bits per heavy atom. The number of carboxylic acids is 1. The molecule has 2 atom stereocenters. The Balaban J connectivity index is 1.97. The number of methoxy groups -OCH3 is 2. The number of hydrogen-bond acceptors (Lipinski definition) is 8. The zero-order valence-electron chi connectivity index (χ0n) is 21.7. The molecular weight excluding hydrogens is 545 g/mol. The predicted molar refractivity (Wildman–Crippen MR) is 147 cm³/mol. The van der Waals surface area contributed by atoms with Gasteiger partial charge in [0, 0.05) is 5.56 Å². The van der Waals surface area contributed by atoms with Crippen molar-refractivity contribution in [2.45, 2.75) is 25.1 Å². The molecule has 12 heteroatoms. The Labute approximate surface area is 230 Å². The van der Waals surface area contributed by atoms with Gasteiger partial charge in [-0.1, -0.05) is 37.3 Å². The molecule has 0 aliphatic heterocycles. The number of carbonyl (C=O) groups is 2. The highest BCUT2D eigenvalue weighted by atomic mass is 32.2. The smallest absolute Gasteiger partial charge is 0.450 e. The Morgan fingerprint density at radius 2 is 1.33 bits per heavy atom. The van der Waals surface area contributed by atoms with Gasteiger partial charge in [-0.2, -0.15) is 0 Å². The Morgan fingerprint density at radius 3 is 1.74 bits per heavy atom.